The molecular formula is C23H27ClN2O3S. The molecule has 0 bridgehead atoms. The van der Waals surface area contributed by atoms with E-state index in [0.29, 0.717) is 50.7 Å². The van der Waals surface area contributed by atoms with E-state index in [9.17, 15) is 9.59 Å². The van der Waals surface area contributed by atoms with Gasteiger partial charge < -0.3 is 15.0 Å². The summed E-state index contributed by atoms with van der Waals surface area (Å²) in [6.45, 7) is 3.21. The molecule has 7 heteroatoms. The van der Waals surface area contributed by atoms with Crippen molar-refractivity contribution in [3.05, 3.63) is 57.2 Å². The van der Waals surface area contributed by atoms with Crippen LogP contribution in [0.5, 0.6) is 0 Å². The lowest BCUT2D eigenvalue weighted by molar-refractivity contribution is -0.126. The second-order valence-corrected chi connectivity index (χ2v) is 9.55. The second kappa shape index (κ2) is 9.50. The first-order valence-corrected chi connectivity index (χ1v) is 11.8. The molecular weight excluding hydrogens is 420 g/mol. The molecule has 0 spiro atoms. The van der Waals surface area contributed by atoms with Gasteiger partial charge in [0.15, 0.2) is 0 Å². The first-order valence-electron chi connectivity index (χ1n) is 10.5. The van der Waals surface area contributed by atoms with Crippen LogP contribution >= 0.6 is 22.9 Å². The number of carbonyl (C=O) groups is 2. The van der Waals surface area contributed by atoms with Crippen LogP contribution in [0.25, 0.3) is 0 Å². The Labute approximate surface area is 186 Å². The average Bonchev–Trinajstić information content (AvgIpc) is 3.33. The Balaban J connectivity index is 1.35. The Bertz CT molecular complexity index is 872. The molecule has 4 rings (SSSR count). The lowest BCUT2D eigenvalue weighted by atomic mass is 9.74. The number of piperidine rings is 1. The van der Waals surface area contributed by atoms with Crippen LogP contribution in [0.3, 0.4) is 0 Å². The molecule has 2 aliphatic rings. The van der Waals surface area contributed by atoms with Crippen LogP contribution in [-0.4, -0.2) is 49.6 Å². The average molecular weight is 447 g/mol. The maximum absolute atomic E-state index is 12.9. The minimum atomic E-state index is -0.144. The fourth-order valence-corrected chi connectivity index (χ4v) is 5.33. The van der Waals surface area contributed by atoms with E-state index in [0.717, 1.165) is 23.3 Å². The fraction of sp³-hybridized carbons (Fsp3) is 0.478. The molecule has 0 saturated carbocycles. The molecule has 2 aromatic rings. The normalized spacial score (nSPS) is 19.4. The van der Waals surface area contributed by atoms with Gasteiger partial charge in [0.25, 0.3) is 5.91 Å². The summed E-state index contributed by atoms with van der Waals surface area (Å²) in [4.78, 5) is 28.1. The van der Waals surface area contributed by atoms with Gasteiger partial charge in [0, 0.05) is 49.2 Å². The first kappa shape index (κ1) is 21.3. The minimum absolute atomic E-state index is 0.0476. The molecule has 1 aromatic heterocycles. The van der Waals surface area contributed by atoms with Gasteiger partial charge in [-0.15, -0.1) is 11.3 Å². The van der Waals surface area contributed by atoms with E-state index < -0.39 is 0 Å². The third-order valence-corrected chi connectivity index (χ3v) is 7.47. The maximum Gasteiger partial charge on any atom is 0.263 e. The molecule has 2 saturated heterocycles. The van der Waals surface area contributed by atoms with Crippen LogP contribution in [0.2, 0.25) is 5.02 Å². The van der Waals surface area contributed by atoms with E-state index >= 15 is 0 Å². The molecule has 0 radical (unpaired) electrons. The number of nitrogens with one attached hydrogen (secondary N) is 1. The first-order chi connectivity index (χ1) is 14.6. The third kappa shape index (κ3) is 4.71. The molecule has 160 valence electrons. The van der Waals surface area contributed by atoms with Crippen molar-refractivity contribution in [3.63, 3.8) is 0 Å². The van der Waals surface area contributed by atoms with Crippen molar-refractivity contribution < 1.29 is 14.3 Å². The summed E-state index contributed by atoms with van der Waals surface area (Å²) in [7, 11) is 0. The standard InChI is InChI=1S/C23H27ClN2O3S/c24-19-4-1-3-18(15-19)23(8-12-29-13-9-23)16-25-21(27)17-6-10-26(11-7-17)22(28)20-5-2-14-30-20/h1-5,14-15,17H,6-13,16H2,(H,25,27). The minimum Gasteiger partial charge on any atom is -0.381 e. The topological polar surface area (TPSA) is 58.6 Å². The number of likely N-dealkylation sites (tertiary alicyclic amines) is 1. The monoisotopic (exact) mass is 446 g/mol. The summed E-state index contributed by atoms with van der Waals surface area (Å²) in [6.07, 6.45) is 3.13. The number of hydrogen-bond donors (Lipinski definition) is 1. The van der Waals surface area contributed by atoms with Gasteiger partial charge in [0.05, 0.1) is 4.88 Å². The quantitative estimate of drug-likeness (QED) is 0.751. The fourth-order valence-electron chi connectivity index (χ4n) is 4.45. The molecule has 3 heterocycles. The highest BCUT2D eigenvalue weighted by Gasteiger charge is 2.36. The number of halogens is 1. The highest BCUT2D eigenvalue weighted by molar-refractivity contribution is 7.12. The smallest absolute Gasteiger partial charge is 0.263 e. The van der Waals surface area contributed by atoms with Crippen LogP contribution in [0, 0.1) is 5.92 Å². The number of nitrogens with zero attached hydrogens (tertiary/aromatic N) is 1. The van der Waals surface area contributed by atoms with Crippen molar-refractivity contribution in [1.29, 1.82) is 0 Å². The summed E-state index contributed by atoms with van der Waals surface area (Å²) in [5.41, 5.74) is 1.02. The van der Waals surface area contributed by atoms with Gasteiger partial charge in [0.1, 0.15) is 0 Å². The zero-order valence-corrected chi connectivity index (χ0v) is 18.5. The largest absolute Gasteiger partial charge is 0.381 e. The molecule has 0 aliphatic carbocycles. The number of ether oxygens (including phenoxy) is 1. The van der Waals surface area contributed by atoms with Crippen LogP contribution in [0.15, 0.2) is 41.8 Å². The van der Waals surface area contributed by atoms with E-state index in [2.05, 4.69) is 11.4 Å². The van der Waals surface area contributed by atoms with Gasteiger partial charge in [-0.3, -0.25) is 9.59 Å². The lowest BCUT2D eigenvalue weighted by Crippen LogP contribution is -2.48. The van der Waals surface area contributed by atoms with Crippen molar-refractivity contribution in [2.24, 2.45) is 5.92 Å². The summed E-state index contributed by atoms with van der Waals surface area (Å²) in [6, 6.07) is 11.7. The van der Waals surface area contributed by atoms with Crippen molar-refractivity contribution in [3.8, 4) is 0 Å². The highest BCUT2D eigenvalue weighted by Crippen LogP contribution is 2.35. The van der Waals surface area contributed by atoms with E-state index in [1.807, 2.05) is 40.6 Å². The zero-order valence-electron chi connectivity index (χ0n) is 16.9. The van der Waals surface area contributed by atoms with E-state index in [4.69, 9.17) is 16.3 Å². The van der Waals surface area contributed by atoms with Gasteiger partial charge in [-0.1, -0.05) is 29.8 Å². The number of rotatable bonds is 5. The second-order valence-electron chi connectivity index (χ2n) is 8.16. The Morgan fingerprint density at radius 1 is 1.17 bits per heavy atom. The molecule has 0 unspecified atom stereocenters. The molecule has 30 heavy (non-hydrogen) atoms. The summed E-state index contributed by atoms with van der Waals surface area (Å²) >= 11 is 7.70. The molecule has 5 nitrogen and oxygen atoms in total. The Morgan fingerprint density at radius 3 is 2.60 bits per heavy atom. The van der Waals surface area contributed by atoms with Crippen molar-refractivity contribution in [2.75, 3.05) is 32.8 Å². The molecule has 2 aliphatic heterocycles. The van der Waals surface area contributed by atoms with E-state index in [1.165, 1.54) is 11.3 Å². The van der Waals surface area contributed by atoms with Crippen molar-refractivity contribution in [1.82, 2.24) is 10.2 Å². The lowest BCUT2D eigenvalue weighted by Gasteiger charge is -2.39. The Morgan fingerprint density at radius 2 is 1.93 bits per heavy atom. The Kier molecular flexibility index (Phi) is 6.76. The van der Waals surface area contributed by atoms with Gasteiger partial charge in [0.2, 0.25) is 5.91 Å². The molecule has 1 aromatic carbocycles. The molecule has 1 N–H and O–H groups in total. The predicted octanol–water partition coefficient (Wildman–Crippen LogP) is 4.12. The van der Waals surface area contributed by atoms with Gasteiger partial charge >= 0.3 is 0 Å². The van der Waals surface area contributed by atoms with Crippen LogP contribution in [0.4, 0.5) is 0 Å². The van der Waals surface area contributed by atoms with Gasteiger partial charge in [-0.05, 0) is 54.8 Å². The van der Waals surface area contributed by atoms with E-state index in [1.54, 1.807) is 0 Å². The number of hydrogen-bond acceptors (Lipinski definition) is 4. The van der Waals surface area contributed by atoms with Crippen LogP contribution in [0.1, 0.15) is 40.9 Å². The molecule has 0 atom stereocenters. The van der Waals surface area contributed by atoms with Crippen molar-refractivity contribution >= 4 is 34.8 Å². The third-order valence-electron chi connectivity index (χ3n) is 6.37. The van der Waals surface area contributed by atoms with E-state index in [-0.39, 0.29) is 23.1 Å². The molecule has 2 amide bonds. The number of benzene rings is 1. The molecule has 2 fully saturated rings. The zero-order chi connectivity index (χ0) is 21.0. The SMILES string of the molecule is O=C(NCC1(c2cccc(Cl)c2)CCOCC1)C1CCN(C(=O)c2cccs2)CC1. The van der Waals surface area contributed by atoms with Crippen molar-refractivity contribution in [2.45, 2.75) is 31.1 Å². The Hall–Kier alpha value is -1.89. The number of carbonyl (C=O) groups excluding carboxylic acids is 2. The van der Waals surface area contributed by atoms with Gasteiger partial charge in [-0.2, -0.15) is 0 Å². The predicted molar refractivity (Wildman–Crippen MR) is 119 cm³/mol. The summed E-state index contributed by atoms with van der Waals surface area (Å²) in [5, 5.41) is 5.84. The highest BCUT2D eigenvalue weighted by atomic mass is 35.5. The number of amides is 2. The maximum atomic E-state index is 12.9. The van der Waals surface area contributed by atoms with Crippen LogP contribution in [-0.2, 0) is 14.9 Å². The van der Waals surface area contributed by atoms with Crippen LogP contribution < -0.4 is 5.32 Å². The summed E-state index contributed by atoms with van der Waals surface area (Å²) in [5.74, 6) is 0.116. The summed E-state index contributed by atoms with van der Waals surface area (Å²) < 4.78 is 5.58. The number of thiophene rings is 1. The van der Waals surface area contributed by atoms with Gasteiger partial charge in [-0.25, -0.2) is 0 Å².